The van der Waals surface area contributed by atoms with Gasteiger partial charge in [-0.1, -0.05) is 23.7 Å². The number of carbonyl (C=O) groups is 1. The van der Waals surface area contributed by atoms with Gasteiger partial charge in [0.25, 0.3) is 0 Å². The van der Waals surface area contributed by atoms with E-state index in [0.29, 0.717) is 29.5 Å². The van der Waals surface area contributed by atoms with Crippen LogP contribution in [0, 0.1) is 6.92 Å². The normalized spacial score (nSPS) is 10.4. The number of nitrogens with zero attached hydrogens (tertiary/aromatic N) is 1. The molecule has 0 aliphatic carbocycles. The van der Waals surface area contributed by atoms with Crippen LogP contribution in [0.1, 0.15) is 20.4 Å². The molecule has 0 radical (unpaired) electrons. The summed E-state index contributed by atoms with van der Waals surface area (Å²) in [7, 11) is 0. The second kappa shape index (κ2) is 6.04. The van der Waals surface area contributed by atoms with Gasteiger partial charge in [-0.15, -0.1) is 11.3 Å². The van der Waals surface area contributed by atoms with Crippen molar-refractivity contribution in [1.82, 2.24) is 4.98 Å². The van der Waals surface area contributed by atoms with Crippen molar-refractivity contribution < 1.29 is 14.6 Å². The van der Waals surface area contributed by atoms with Crippen LogP contribution in [0.15, 0.2) is 24.3 Å². The van der Waals surface area contributed by atoms with Crippen LogP contribution in [-0.2, 0) is 6.42 Å². The van der Waals surface area contributed by atoms with Gasteiger partial charge < -0.3 is 9.84 Å². The van der Waals surface area contributed by atoms with E-state index in [-0.39, 0.29) is 4.88 Å². The lowest BCUT2D eigenvalue weighted by Gasteiger charge is -2.06. The maximum absolute atomic E-state index is 10.9. The van der Waals surface area contributed by atoms with Gasteiger partial charge in [0, 0.05) is 6.42 Å². The molecule has 2 aromatic rings. The average Bonchev–Trinajstić information content (AvgIpc) is 2.73. The number of ether oxygens (including phenoxy) is 1. The van der Waals surface area contributed by atoms with E-state index in [2.05, 4.69) is 4.98 Å². The van der Waals surface area contributed by atoms with Gasteiger partial charge in [0.1, 0.15) is 10.6 Å². The number of benzene rings is 1. The lowest BCUT2D eigenvalue weighted by molar-refractivity contribution is 0.0701. The molecule has 0 saturated heterocycles. The molecule has 0 atom stereocenters. The van der Waals surface area contributed by atoms with Gasteiger partial charge in [-0.2, -0.15) is 0 Å². The molecule has 0 aliphatic rings. The van der Waals surface area contributed by atoms with Crippen molar-refractivity contribution in [2.45, 2.75) is 13.3 Å². The summed E-state index contributed by atoms with van der Waals surface area (Å²) in [5.41, 5.74) is 0.547. The minimum absolute atomic E-state index is 0.285. The van der Waals surface area contributed by atoms with E-state index in [1.54, 1.807) is 19.1 Å². The number of halogens is 1. The third kappa shape index (κ3) is 3.45. The quantitative estimate of drug-likeness (QED) is 0.918. The van der Waals surface area contributed by atoms with Gasteiger partial charge in [-0.05, 0) is 19.1 Å². The summed E-state index contributed by atoms with van der Waals surface area (Å²) in [5, 5.41) is 10.3. The molecule has 1 aromatic carbocycles. The Bertz CT molecular complexity index is 597. The standard InChI is InChI=1S/C13H12ClNO3S/c1-8-12(13(16)17)19-11(15-8)6-7-18-10-5-3-2-4-9(10)14/h2-5H,6-7H2,1H3,(H,16,17). The van der Waals surface area contributed by atoms with E-state index in [1.165, 1.54) is 11.3 Å². The number of carboxylic acid groups (broad SMARTS) is 1. The molecule has 0 aliphatic heterocycles. The first-order valence-electron chi connectivity index (χ1n) is 5.65. The molecule has 100 valence electrons. The fourth-order valence-electron chi connectivity index (χ4n) is 1.57. The maximum Gasteiger partial charge on any atom is 0.347 e. The van der Waals surface area contributed by atoms with Gasteiger partial charge in [-0.25, -0.2) is 9.78 Å². The number of thiazole rings is 1. The molecule has 0 fully saturated rings. The molecule has 1 aromatic heterocycles. The second-order valence-corrected chi connectivity index (χ2v) is 5.35. The molecule has 0 unspecified atom stereocenters. The van der Waals surface area contributed by atoms with E-state index >= 15 is 0 Å². The molecule has 0 saturated carbocycles. The summed E-state index contributed by atoms with van der Waals surface area (Å²) in [6, 6.07) is 7.22. The van der Waals surface area contributed by atoms with E-state index in [9.17, 15) is 4.79 Å². The fraction of sp³-hybridized carbons (Fsp3) is 0.231. The number of aromatic nitrogens is 1. The summed E-state index contributed by atoms with van der Waals surface area (Å²) >= 11 is 7.14. The highest BCUT2D eigenvalue weighted by atomic mass is 35.5. The number of carboxylic acids is 1. The van der Waals surface area contributed by atoms with Crippen molar-refractivity contribution in [3.8, 4) is 5.75 Å². The van der Waals surface area contributed by atoms with Crippen molar-refractivity contribution in [3.63, 3.8) is 0 Å². The first-order valence-corrected chi connectivity index (χ1v) is 6.84. The molecule has 4 nitrogen and oxygen atoms in total. The predicted molar refractivity (Wildman–Crippen MR) is 74.5 cm³/mol. The molecule has 0 bridgehead atoms. The third-order valence-electron chi connectivity index (χ3n) is 2.45. The minimum Gasteiger partial charge on any atom is -0.492 e. The largest absolute Gasteiger partial charge is 0.492 e. The number of aryl methyl sites for hydroxylation is 1. The van der Waals surface area contributed by atoms with Crippen LogP contribution in [0.4, 0.5) is 0 Å². The molecule has 1 heterocycles. The smallest absolute Gasteiger partial charge is 0.347 e. The van der Waals surface area contributed by atoms with Crippen molar-refractivity contribution in [1.29, 1.82) is 0 Å². The SMILES string of the molecule is Cc1nc(CCOc2ccccc2Cl)sc1C(=O)O. The number of aromatic carboxylic acids is 1. The van der Waals surface area contributed by atoms with E-state index in [0.717, 1.165) is 5.01 Å². The molecular formula is C13H12ClNO3S. The predicted octanol–water partition coefficient (Wildman–Crippen LogP) is 3.42. The van der Waals surface area contributed by atoms with E-state index < -0.39 is 5.97 Å². The van der Waals surface area contributed by atoms with Gasteiger partial charge in [0.15, 0.2) is 0 Å². The maximum atomic E-state index is 10.9. The summed E-state index contributed by atoms with van der Waals surface area (Å²) < 4.78 is 5.54. The van der Waals surface area contributed by atoms with Crippen LogP contribution in [0.25, 0.3) is 0 Å². The monoisotopic (exact) mass is 297 g/mol. The Balaban J connectivity index is 1.95. The average molecular weight is 298 g/mol. The molecule has 0 spiro atoms. The molecule has 2 rings (SSSR count). The Morgan fingerprint density at radius 2 is 2.21 bits per heavy atom. The Labute approximate surface area is 119 Å². The molecular weight excluding hydrogens is 286 g/mol. The highest BCUT2D eigenvalue weighted by Gasteiger charge is 2.13. The second-order valence-electron chi connectivity index (χ2n) is 3.86. The highest BCUT2D eigenvalue weighted by Crippen LogP contribution is 2.24. The molecule has 0 amide bonds. The summed E-state index contributed by atoms with van der Waals surface area (Å²) in [6.45, 7) is 2.11. The summed E-state index contributed by atoms with van der Waals surface area (Å²) in [5.74, 6) is -0.316. The van der Waals surface area contributed by atoms with Crippen LogP contribution in [0.3, 0.4) is 0 Å². The number of hydrogen-bond acceptors (Lipinski definition) is 4. The number of para-hydroxylation sites is 1. The minimum atomic E-state index is -0.937. The van der Waals surface area contributed by atoms with Crippen LogP contribution in [0.2, 0.25) is 5.02 Å². The van der Waals surface area contributed by atoms with Crippen molar-refractivity contribution >= 4 is 28.9 Å². The first kappa shape index (κ1) is 13.8. The van der Waals surface area contributed by atoms with Crippen molar-refractivity contribution in [3.05, 3.63) is 44.9 Å². The molecule has 19 heavy (non-hydrogen) atoms. The van der Waals surface area contributed by atoms with Gasteiger partial charge in [0.2, 0.25) is 0 Å². The topological polar surface area (TPSA) is 59.4 Å². The van der Waals surface area contributed by atoms with Gasteiger partial charge in [0.05, 0.1) is 22.3 Å². The van der Waals surface area contributed by atoms with E-state index in [4.69, 9.17) is 21.4 Å². The zero-order valence-electron chi connectivity index (χ0n) is 10.2. The van der Waals surface area contributed by atoms with E-state index in [1.807, 2.05) is 12.1 Å². The zero-order valence-corrected chi connectivity index (χ0v) is 11.8. The van der Waals surface area contributed by atoms with Crippen LogP contribution in [0.5, 0.6) is 5.75 Å². The number of rotatable bonds is 5. The Kier molecular flexibility index (Phi) is 4.39. The van der Waals surface area contributed by atoms with Gasteiger partial charge >= 0.3 is 5.97 Å². The van der Waals surface area contributed by atoms with Crippen LogP contribution in [-0.4, -0.2) is 22.7 Å². The van der Waals surface area contributed by atoms with Crippen LogP contribution < -0.4 is 4.74 Å². The number of hydrogen-bond donors (Lipinski definition) is 1. The third-order valence-corrected chi connectivity index (χ3v) is 3.96. The highest BCUT2D eigenvalue weighted by molar-refractivity contribution is 7.13. The zero-order chi connectivity index (χ0) is 13.8. The first-order chi connectivity index (χ1) is 9.08. The summed E-state index contributed by atoms with van der Waals surface area (Å²) in [6.07, 6.45) is 0.560. The molecule has 1 N–H and O–H groups in total. The Morgan fingerprint density at radius 1 is 1.47 bits per heavy atom. The van der Waals surface area contributed by atoms with Crippen molar-refractivity contribution in [2.24, 2.45) is 0 Å². The Morgan fingerprint density at radius 3 is 2.84 bits per heavy atom. The Hall–Kier alpha value is -1.59. The molecule has 6 heteroatoms. The summed E-state index contributed by atoms with van der Waals surface area (Å²) in [4.78, 5) is 15.4. The lowest BCUT2D eigenvalue weighted by atomic mass is 10.3. The van der Waals surface area contributed by atoms with Crippen LogP contribution >= 0.6 is 22.9 Å². The fourth-order valence-corrected chi connectivity index (χ4v) is 2.64. The van der Waals surface area contributed by atoms with Crippen molar-refractivity contribution in [2.75, 3.05) is 6.61 Å². The van der Waals surface area contributed by atoms with Gasteiger partial charge in [-0.3, -0.25) is 0 Å². The lowest BCUT2D eigenvalue weighted by Crippen LogP contribution is -2.01.